The Morgan fingerprint density at radius 3 is 2.24 bits per heavy atom. The Morgan fingerprint density at radius 1 is 1.12 bits per heavy atom. The summed E-state index contributed by atoms with van der Waals surface area (Å²) in [5, 5.41) is 3.14. The molecule has 0 aromatic heterocycles. The molecule has 0 radical (unpaired) electrons. The van der Waals surface area contributed by atoms with Crippen LogP contribution in [0.5, 0.6) is 11.5 Å². The standard InChI is InChI=1S/C13H20BrNO2/c1-4-16-12-8-10(6-7-15-3)11(14)9-13(12)17-5-2/h8-9,15H,4-7H2,1-3H3. The van der Waals surface area contributed by atoms with Crippen LogP contribution in [-0.4, -0.2) is 26.8 Å². The molecule has 1 aromatic rings. The van der Waals surface area contributed by atoms with Crippen LogP contribution in [0.25, 0.3) is 0 Å². The van der Waals surface area contributed by atoms with Crippen LogP contribution in [0.2, 0.25) is 0 Å². The molecule has 17 heavy (non-hydrogen) atoms. The van der Waals surface area contributed by atoms with Gasteiger partial charge in [-0.1, -0.05) is 15.9 Å². The van der Waals surface area contributed by atoms with E-state index in [1.165, 1.54) is 5.56 Å². The monoisotopic (exact) mass is 301 g/mol. The van der Waals surface area contributed by atoms with Crippen molar-refractivity contribution in [1.29, 1.82) is 0 Å². The molecule has 0 bridgehead atoms. The predicted octanol–water partition coefficient (Wildman–Crippen LogP) is 3.01. The summed E-state index contributed by atoms with van der Waals surface area (Å²) in [5.41, 5.74) is 1.23. The zero-order valence-electron chi connectivity index (χ0n) is 10.7. The quantitative estimate of drug-likeness (QED) is 0.840. The molecule has 0 aliphatic carbocycles. The number of hydrogen-bond donors (Lipinski definition) is 1. The van der Waals surface area contributed by atoms with E-state index in [0.717, 1.165) is 28.9 Å². The Bertz CT molecular complexity index is 356. The van der Waals surface area contributed by atoms with E-state index < -0.39 is 0 Å². The Kier molecular flexibility index (Phi) is 6.37. The number of nitrogens with one attached hydrogen (secondary N) is 1. The maximum atomic E-state index is 5.60. The molecule has 0 aliphatic heterocycles. The van der Waals surface area contributed by atoms with Crippen LogP contribution >= 0.6 is 15.9 Å². The van der Waals surface area contributed by atoms with E-state index in [2.05, 4.69) is 27.3 Å². The van der Waals surface area contributed by atoms with Crippen LogP contribution in [0.3, 0.4) is 0 Å². The van der Waals surface area contributed by atoms with E-state index in [-0.39, 0.29) is 0 Å². The number of likely N-dealkylation sites (N-methyl/N-ethyl adjacent to an activating group) is 1. The van der Waals surface area contributed by atoms with Crippen molar-refractivity contribution < 1.29 is 9.47 Å². The highest BCUT2D eigenvalue weighted by Crippen LogP contribution is 2.34. The van der Waals surface area contributed by atoms with Gasteiger partial charge in [-0.05, 0) is 51.6 Å². The van der Waals surface area contributed by atoms with Gasteiger partial charge in [-0.2, -0.15) is 0 Å². The average Bonchev–Trinajstić information content (AvgIpc) is 2.31. The fourth-order valence-corrected chi connectivity index (χ4v) is 2.09. The fourth-order valence-electron chi connectivity index (χ4n) is 1.57. The summed E-state index contributed by atoms with van der Waals surface area (Å²) >= 11 is 3.57. The van der Waals surface area contributed by atoms with Crippen molar-refractivity contribution in [2.45, 2.75) is 20.3 Å². The number of rotatable bonds is 7. The first-order valence-corrected chi connectivity index (χ1v) is 6.74. The molecular formula is C13H20BrNO2. The predicted molar refractivity (Wildman–Crippen MR) is 74.1 cm³/mol. The second-order valence-corrected chi connectivity index (χ2v) is 4.46. The summed E-state index contributed by atoms with van der Waals surface area (Å²) in [4.78, 5) is 0. The Hall–Kier alpha value is -0.740. The van der Waals surface area contributed by atoms with E-state index in [0.29, 0.717) is 13.2 Å². The molecule has 0 unspecified atom stereocenters. The molecule has 96 valence electrons. The van der Waals surface area contributed by atoms with Crippen molar-refractivity contribution >= 4 is 15.9 Å². The van der Waals surface area contributed by atoms with Crippen molar-refractivity contribution in [1.82, 2.24) is 5.32 Å². The Labute approximate surface area is 112 Å². The highest BCUT2D eigenvalue weighted by Gasteiger charge is 2.10. The summed E-state index contributed by atoms with van der Waals surface area (Å²) in [5.74, 6) is 1.62. The van der Waals surface area contributed by atoms with Gasteiger partial charge in [-0.15, -0.1) is 0 Å². The minimum absolute atomic E-state index is 0.641. The number of hydrogen-bond acceptors (Lipinski definition) is 3. The highest BCUT2D eigenvalue weighted by molar-refractivity contribution is 9.10. The van der Waals surface area contributed by atoms with Crippen LogP contribution in [0.1, 0.15) is 19.4 Å². The average molecular weight is 302 g/mol. The Morgan fingerprint density at radius 2 is 1.71 bits per heavy atom. The van der Waals surface area contributed by atoms with Crippen molar-refractivity contribution in [2.24, 2.45) is 0 Å². The molecule has 0 aliphatic rings. The molecule has 1 aromatic carbocycles. The van der Waals surface area contributed by atoms with Gasteiger partial charge in [0.1, 0.15) is 0 Å². The van der Waals surface area contributed by atoms with E-state index >= 15 is 0 Å². The maximum Gasteiger partial charge on any atom is 0.162 e. The molecule has 1 rings (SSSR count). The number of halogens is 1. The summed E-state index contributed by atoms with van der Waals surface area (Å²) in [6.07, 6.45) is 0.962. The van der Waals surface area contributed by atoms with Crippen LogP contribution < -0.4 is 14.8 Å². The highest BCUT2D eigenvalue weighted by atomic mass is 79.9. The second-order valence-electron chi connectivity index (χ2n) is 3.61. The van der Waals surface area contributed by atoms with Crippen molar-refractivity contribution in [3.8, 4) is 11.5 Å². The molecule has 0 amide bonds. The van der Waals surface area contributed by atoms with Crippen molar-refractivity contribution in [3.63, 3.8) is 0 Å². The normalized spacial score (nSPS) is 10.4. The molecule has 0 spiro atoms. The summed E-state index contributed by atoms with van der Waals surface area (Å²) in [7, 11) is 1.95. The third kappa shape index (κ3) is 4.21. The van der Waals surface area contributed by atoms with Gasteiger partial charge in [-0.25, -0.2) is 0 Å². The first-order valence-electron chi connectivity index (χ1n) is 5.95. The van der Waals surface area contributed by atoms with Gasteiger partial charge in [0.05, 0.1) is 13.2 Å². The summed E-state index contributed by atoms with van der Waals surface area (Å²) in [6, 6.07) is 4.04. The topological polar surface area (TPSA) is 30.5 Å². The van der Waals surface area contributed by atoms with Crippen molar-refractivity contribution in [3.05, 3.63) is 22.2 Å². The van der Waals surface area contributed by atoms with Crippen molar-refractivity contribution in [2.75, 3.05) is 26.8 Å². The second kappa shape index (κ2) is 7.56. The lowest BCUT2D eigenvalue weighted by Gasteiger charge is -2.14. The largest absolute Gasteiger partial charge is 0.490 e. The van der Waals surface area contributed by atoms with E-state index in [9.17, 15) is 0 Å². The molecule has 1 N–H and O–H groups in total. The first-order chi connectivity index (χ1) is 8.22. The lowest BCUT2D eigenvalue weighted by atomic mass is 10.1. The van der Waals surface area contributed by atoms with Gasteiger partial charge in [-0.3, -0.25) is 0 Å². The maximum absolute atomic E-state index is 5.60. The minimum atomic E-state index is 0.641. The first kappa shape index (κ1) is 14.3. The number of ether oxygens (including phenoxy) is 2. The van der Waals surface area contributed by atoms with Gasteiger partial charge < -0.3 is 14.8 Å². The van der Waals surface area contributed by atoms with Crippen LogP contribution in [-0.2, 0) is 6.42 Å². The van der Waals surface area contributed by atoms with Gasteiger partial charge in [0.2, 0.25) is 0 Å². The smallest absolute Gasteiger partial charge is 0.162 e. The molecule has 0 heterocycles. The van der Waals surface area contributed by atoms with Gasteiger partial charge >= 0.3 is 0 Å². The molecule has 0 fully saturated rings. The third-order valence-electron chi connectivity index (χ3n) is 2.36. The summed E-state index contributed by atoms with van der Waals surface area (Å²) < 4.78 is 12.2. The molecule has 0 atom stereocenters. The molecule has 3 nitrogen and oxygen atoms in total. The van der Waals surface area contributed by atoms with Crippen LogP contribution in [0.15, 0.2) is 16.6 Å². The third-order valence-corrected chi connectivity index (χ3v) is 3.09. The Balaban J connectivity index is 2.96. The SMILES string of the molecule is CCOc1cc(Br)c(CCNC)cc1OCC. The lowest BCUT2D eigenvalue weighted by molar-refractivity contribution is 0.287. The van der Waals surface area contributed by atoms with E-state index in [4.69, 9.17) is 9.47 Å². The molecule has 0 saturated carbocycles. The molecule has 4 heteroatoms. The number of benzene rings is 1. The van der Waals surface area contributed by atoms with Crippen LogP contribution in [0, 0.1) is 0 Å². The van der Waals surface area contributed by atoms with Gasteiger partial charge in [0.25, 0.3) is 0 Å². The van der Waals surface area contributed by atoms with Crippen LogP contribution in [0.4, 0.5) is 0 Å². The lowest BCUT2D eigenvalue weighted by Crippen LogP contribution is -2.11. The zero-order chi connectivity index (χ0) is 12.7. The molecule has 0 saturated heterocycles. The van der Waals surface area contributed by atoms with Gasteiger partial charge in [0, 0.05) is 4.47 Å². The fraction of sp³-hybridized carbons (Fsp3) is 0.538. The molecular weight excluding hydrogens is 282 g/mol. The zero-order valence-corrected chi connectivity index (χ0v) is 12.3. The van der Waals surface area contributed by atoms with E-state index in [1.807, 2.05) is 27.0 Å². The van der Waals surface area contributed by atoms with E-state index in [1.54, 1.807) is 0 Å². The minimum Gasteiger partial charge on any atom is -0.490 e. The van der Waals surface area contributed by atoms with Gasteiger partial charge in [0.15, 0.2) is 11.5 Å². The summed E-state index contributed by atoms with van der Waals surface area (Å²) in [6.45, 7) is 6.18.